The monoisotopic (exact) mass is 283 g/mol. The van der Waals surface area contributed by atoms with Crippen molar-refractivity contribution >= 4 is 11.8 Å². The summed E-state index contributed by atoms with van der Waals surface area (Å²) in [5.74, 6) is -0.408. The molecule has 1 aliphatic heterocycles. The van der Waals surface area contributed by atoms with E-state index in [0.29, 0.717) is 24.1 Å². The molecular formula is C17H17NO3. The molecule has 0 saturated carbocycles. The predicted octanol–water partition coefficient (Wildman–Crippen LogP) is 2.84. The molecule has 4 nitrogen and oxygen atoms in total. The van der Waals surface area contributed by atoms with Gasteiger partial charge >= 0.3 is 5.97 Å². The Balaban J connectivity index is 2.05. The highest BCUT2D eigenvalue weighted by atomic mass is 16.5. The molecule has 0 saturated heterocycles. The Labute approximate surface area is 123 Å². The number of carbonyl (C=O) groups excluding carboxylic acids is 2. The molecule has 1 aromatic carbocycles. The second-order valence-corrected chi connectivity index (χ2v) is 5.23. The zero-order chi connectivity index (χ0) is 14.8. The lowest BCUT2D eigenvalue weighted by atomic mass is 10.1. The highest BCUT2D eigenvalue weighted by Crippen LogP contribution is 2.26. The Hall–Kier alpha value is -2.36. The maximum atomic E-state index is 12.2. The van der Waals surface area contributed by atoms with E-state index in [0.717, 1.165) is 24.2 Å². The summed E-state index contributed by atoms with van der Waals surface area (Å²) in [6.07, 6.45) is 2.03. The molecule has 2 heterocycles. The minimum atomic E-state index is -0.437. The lowest BCUT2D eigenvalue weighted by Gasteiger charge is -2.17. The van der Waals surface area contributed by atoms with Crippen LogP contribution in [0.5, 0.6) is 0 Å². The van der Waals surface area contributed by atoms with Gasteiger partial charge in [0, 0.05) is 25.1 Å². The zero-order valence-electron chi connectivity index (χ0n) is 12.0. The van der Waals surface area contributed by atoms with Crippen LogP contribution in [0.25, 0.3) is 0 Å². The van der Waals surface area contributed by atoms with Crippen LogP contribution in [0.2, 0.25) is 0 Å². The molecule has 0 aliphatic carbocycles. The van der Waals surface area contributed by atoms with Crippen LogP contribution in [-0.2, 0) is 17.7 Å². The zero-order valence-corrected chi connectivity index (χ0v) is 12.0. The number of methoxy groups -OCH3 is 1. The van der Waals surface area contributed by atoms with Crippen molar-refractivity contribution in [2.24, 2.45) is 0 Å². The number of carbonyl (C=O) groups is 2. The highest BCUT2D eigenvalue weighted by Gasteiger charge is 2.28. The van der Waals surface area contributed by atoms with Crippen molar-refractivity contribution in [2.75, 3.05) is 7.11 Å². The average Bonchev–Trinajstić information content (AvgIpc) is 2.88. The summed E-state index contributed by atoms with van der Waals surface area (Å²) in [5.41, 5.74) is 3.06. The van der Waals surface area contributed by atoms with Gasteiger partial charge in [0.05, 0.1) is 18.4 Å². The molecule has 0 radical (unpaired) electrons. The third-order valence-electron chi connectivity index (χ3n) is 3.87. The van der Waals surface area contributed by atoms with Gasteiger partial charge in [0.1, 0.15) is 0 Å². The third-order valence-corrected chi connectivity index (χ3v) is 3.87. The number of fused-ring (bicyclic) bond motifs is 1. The summed E-state index contributed by atoms with van der Waals surface area (Å²) in [7, 11) is 1.34. The van der Waals surface area contributed by atoms with E-state index in [2.05, 4.69) is 0 Å². The standard InChI is InChI=1S/C17H17NO3/c1-21-17(20)14-11-13(10-12-6-3-2-4-7-12)18-9-5-8-15(19)16(14)18/h2-4,6-7,11H,5,8-10H2,1H3. The van der Waals surface area contributed by atoms with Gasteiger partial charge in [0.15, 0.2) is 5.78 Å². The van der Waals surface area contributed by atoms with Crippen molar-refractivity contribution in [1.82, 2.24) is 4.57 Å². The van der Waals surface area contributed by atoms with Crippen molar-refractivity contribution in [3.05, 3.63) is 58.9 Å². The van der Waals surface area contributed by atoms with Gasteiger partial charge in [-0.15, -0.1) is 0 Å². The van der Waals surface area contributed by atoms with Crippen LogP contribution in [-0.4, -0.2) is 23.4 Å². The van der Waals surface area contributed by atoms with Crippen molar-refractivity contribution in [3.63, 3.8) is 0 Å². The van der Waals surface area contributed by atoms with Gasteiger partial charge in [-0.1, -0.05) is 30.3 Å². The molecule has 0 atom stereocenters. The van der Waals surface area contributed by atoms with Crippen molar-refractivity contribution in [2.45, 2.75) is 25.8 Å². The second-order valence-electron chi connectivity index (χ2n) is 5.23. The maximum absolute atomic E-state index is 12.2. The fourth-order valence-corrected chi connectivity index (χ4v) is 2.89. The van der Waals surface area contributed by atoms with E-state index in [1.54, 1.807) is 6.07 Å². The molecule has 21 heavy (non-hydrogen) atoms. The number of ketones is 1. The topological polar surface area (TPSA) is 48.3 Å². The van der Waals surface area contributed by atoms with Gasteiger partial charge in [0.25, 0.3) is 0 Å². The van der Waals surface area contributed by atoms with E-state index in [-0.39, 0.29) is 5.78 Å². The van der Waals surface area contributed by atoms with Crippen LogP contribution in [0.3, 0.4) is 0 Å². The molecule has 108 valence electrons. The van der Waals surface area contributed by atoms with Crippen LogP contribution in [0.1, 0.15) is 44.9 Å². The number of aromatic nitrogens is 1. The van der Waals surface area contributed by atoms with E-state index in [1.165, 1.54) is 7.11 Å². The van der Waals surface area contributed by atoms with Gasteiger partial charge in [0.2, 0.25) is 0 Å². The Morgan fingerprint density at radius 2 is 2.05 bits per heavy atom. The van der Waals surface area contributed by atoms with Crippen molar-refractivity contribution in [1.29, 1.82) is 0 Å². The van der Waals surface area contributed by atoms with Gasteiger partial charge in [-0.25, -0.2) is 4.79 Å². The van der Waals surface area contributed by atoms with E-state index >= 15 is 0 Å². The molecule has 0 amide bonds. The van der Waals surface area contributed by atoms with E-state index in [9.17, 15) is 9.59 Å². The average molecular weight is 283 g/mol. The van der Waals surface area contributed by atoms with Gasteiger partial charge in [-0.3, -0.25) is 4.79 Å². The predicted molar refractivity (Wildman–Crippen MR) is 78.6 cm³/mol. The SMILES string of the molecule is COC(=O)c1cc(Cc2ccccc2)n2c1C(=O)CCC2. The fraction of sp³-hybridized carbons (Fsp3) is 0.294. The number of Topliss-reactive ketones (excluding diaryl/α,β-unsaturated/α-hetero) is 1. The summed E-state index contributed by atoms with van der Waals surface area (Å²) in [5, 5.41) is 0. The first kappa shape index (κ1) is 13.6. The molecule has 0 N–H and O–H groups in total. The molecule has 2 aromatic rings. The molecule has 1 aliphatic rings. The Kier molecular flexibility index (Phi) is 3.60. The van der Waals surface area contributed by atoms with Crippen molar-refractivity contribution < 1.29 is 14.3 Å². The highest BCUT2D eigenvalue weighted by molar-refractivity contribution is 6.06. The number of hydrogen-bond acceptors (Lipinski definition) is 3. The second kappa shape index (κ2) is 5.56. The molecule has 1 aromatic heterocycles. The molecular weight excluding hydrogens is 266 g/mol. The van der Waals surface area contributed by atoms with Gasteiger partial charge in [-0.05, 0) is 18.1 Å². The first-order valence-electron chi connectivity index (χ1n) is 7.08. The number of benzene rings is 1. The van der Waals surface area contributed by atoms with Crippen molar-refractivity contribution in [3.8, 4) is 0 Å². The van der Waals surface area contributed by atoms with E-state index < -0.39 is 5.97 Å². The summed E-state index contributed by atoms with van der Waals surface area (Å²) in [6.45, 7) is 0.778. The fourth-order valence-electron chi connectivity index (χ4n) is 2.89. The van der Waals surface area contributed by atoms with Crippen LogP contribution in [0, 0.1) is 0 Å². The molecule has 0 bridgehead atoms. The first-order valence-corrected chi connectivity index (χ1v) is 7.08. The number of rotatable bonds is 3. The molecule has 0 spiro atoms. The number of ether oxygens (including phenoxy) is 1. The third kappa shape index (κ3) is 2.49. The quantitative estimate of drug-likeness (QED) is 0.814. The van der Waals surface area contributed by atoms with Gasteiger partial charge in [-0.2, -0.15) is 0 Å². The lowest BCUT2D eigenvalue weighted by molar-refractivity contribution is 0.0595. The van der Waals surface area contributed by atoms with Gasteiger partial charge < -0.3 is 9.30 Å². The van der Waals surface area contributed by atoms with Crippen LogP contribution in [0.4, 0.5) is 0 Å². The number of nitrogens with zero attached hydrogens (tertiary/aromatic N) is 1. The summed E-state index contributed by atoms with van der Waals surface area (Å²) >= 11 is 0. The molecule has 3 rings (SSSR count). The van der Waals surface area contributed by atoms with Crippen LogP contribution < -0.4 is 0 Å². The minimum absolute atomic E-state index is 0.0287. The maximum Gasteiger partial charge on any atom is 0.340 e. The number of esters is 1. The normalized spacial score (nSPS) is 13.9. The molecule has 0 fully saturated rings. The van der Waals surface area contributed by atoms with E-state index in [4.69, 9.17) is 4.74 Å². The summed E-state index contributed by atoms with van der Waals surface area (Å²) in [6, 6.07) is 11.8. The number of hydrogen-bond donors (Lipinski definition) is 0. The Bertz CT molecular complexity index is 686. The van der Waals surface area contributed by atoms with Crippen LogP contribution >= 0.6 is 0 Å². The molecule has 4 heteroatoms. The smallest absolute Gasteiger partial charge is 0.340 e. The molecule has 0 unspecified atom stereocenters. The minimum Gasteiger partial charge on any atom is -0.465 e. The summed E-state index contributed by atoms with van der Waals surface area (Å²) in [4.78, 5) is 24.1. The Morgan fingerprint density at radius 3 is 2.76 bits per heavy atom. The lowest BCUT2D eigenvalue weighted by Crippen LogP contribution is -2.20. The Morgan fingerprint density at radius 1 is 1.29 bits per heavy atom. The summed E-state index contributed by atoms with van der Waals surface area (Å²) < 4.78 is 6.79. The van der Waals surface area contributed by atoms with E-state index in [1.807, 2.05) is 34.9 Å². The largest absolute Gasteiger partial charge is 0.465 e. The van der Waals surface area contributed by atoms with Crippen LogP contribution in [0.15, 0.2) is 36.4 Å². The first-order chi connectivity index (χ1) is 10.2.